The summed E-state index contributed by atoms with van der Waals surface area (Å²) in [6, 6.07) is 9.89. The van der Waals surface area contributed by atoms with Gasteiger partial charge in [-0.2, -0.15) is 5.10 Å². The van der Waals surface area contributed by atoms with Crippen LogP contribution < -0.4 is 9.47 Å². The van der Waals surface area contributed by atoms with Crippen molar-refractivity contribution in [3.8, 4) is 11.5 Å². The summed E-state index contributed by atoms with van der Waals surface area (Å²) in [4.78, 5) is 14.3. The van der Waals surface area contributed by atoms with Gasteiger partial charge in [0.1, 0.15) is 0 Å². The van der Waals surface area contributed by atoms with E-state index in [1.54, 1.807) is 30.6 Å². The number of tetrazole rings is 1. The van der Waals surface area contributed by atoms with Crippen LogP contribution in [-0.2, 0) is 4.79 Å². The fourth-order valence-electron chi connectivity index (χ4n) is 3.67. The summed E-state index contributed by atoms with van der Waals surface area (Å²) >= 11 is 2.97. The maximum Gasteiger partial charge on any atom is 0.253 e. The molecule has 0 radical (unpaired) electrons. The van der Waals surface area contributed by atoms with Gasteiger partial charge < -0.3 is 9.47 Å². The Bertz CT molecular complexity index is 1140. The molecule has 5 rings (SSSR count). The number of carbonyl (C=O) groups excluding carboxylic acids is 1. The Balaban J connectivity index is 1.39. The first-order valence-electron chi connectivity index (χ1n) is 10.2. The van der Waals surface area contributed by atoms with Crippen LogP contribution in [0.25, 0.3) is 0 Å². The molecule has 1 atom stereocenters. The quantitative estimate of drug-likeness (QED) is 0.465. The summed E-state index contributed by atoms with van der Waals surface area (Å²) in [5.41, 5.74) is 1.85. The van der Waals surface area contributed by atoms with Crippen LogP contribution in [0.4, 0.5) is 0 Å². The van der Waals surface area contributed by atoms with Gasteiger partial charge in [0, 0.05) is 6.42 Å². The van der Waals surface area contributed by atoms with Gasteiger partial charge in [0.25, 0.3) is 5.91 Å². The maximum atomic E-state index is 13.3. The Hall–Kier alpha value is -2.92. The van der Waals surface area contributed by atoms with Crippen LogP contribution in [0.2, 0.25) is 0 Å². The maximum absolute atomic E-state index is 13.3. The van der Waals surface area contributed by atoms with Crippen LogP contribution in [-0.4, -0.2) is 56.8 Å². The van der Waals surface area contributed by atoms with Gasteiger partial charge in [0.15, 0.2) is 11.5 Å². The highest BCUT2D eigenvalue weighted by Crippen LogP contribution is 2.39. The number of amides is 1. The molecule has 3 heterocycles. The van der Waals surface area contributed by atoms with Gasteiger partial charge in [0.2, 0.25) is 5.16 Å². The summed E-state index contributed by atoms with van der Waals surface area (Å²) in [5.74, 6) is 1.39. The largest absolute Gasteiger partial charge is 0.493 e. The van der Waals surface area contributed by atoms with E-state index in [4.69, 9.17) is 14.6 Å². The average Bonchev–Trinajstić information content (AvgIpc) is 3.23. The van der Waals surface area contributed by atoms with Crippen LogP contribution in [0, 0.1) is 0 Å². The third kappa shape index (κ3) is 4.09. The molecule has 0 unspecified atom stereocenters. The van der Waals surface area contributed by atoms with E-state index in [-0.39, 0.29) is 17.7 Å². The van der Waals surface area contributed by atoms with Gasteiger partial charge >= 0.3 is 0 Å². The van der Waals surface area contributed by atoms with Gasteiger partial charge in [-0.3, -0.25) is 4.79 Å². The summed E-state index contributed by atoms with van der Waals surface area (Å²) in [6.07, 6.45) is 2.79. The molecule has 32 heavy (non-hydrogen) atoms. The third-order valence-electron chi connectivity index (χ3n) is 5.44. The number of hydrogen-bond donors (Lipinski definition) is 0. The zero-order valence-corrected chi connectivity index (χ0v) is 19.3. The van der Waals surface area contributed by atoms with E-state index in [0.29, 0.717) is 29.1 Å². The molecule has 1 fully saturated rings. The van der Waals surface area contributed by atoms with E-state index in [2.05, 4.69) is 15.5 Å². The molecule has 9 nitrogen and oxygen atoms in total. The minimum Gasteiger partial charge on any atom is -0.493 e. The highest BCUT2D eigenvalue weighted by Gasteiger charge is 2.34. The van der Waals surface area contributed by atoms with Crippen molar-refractivity contribution in [1.82, 2.24) is 25.2 Å². The molecular formula is C21H22N6O3S2. The second-order valence-electron chi connectivity index (χ2n) is 7.52. The monoisotopic (exact) mass is 470 g/mol. The molecule has 1 aromatic carbocycles. The number of thiophene rings is 1. The van der Waals surface area contributed by atoms with Crippen LogP contribution in [0.5, 0.6) is 11.5 Å². The molecule has 0 bridgehead atoms. The predicted octanol–water partition coefficient (Wildman–Crippen LogP) is 3.56. The number of ether oxygens (including phenoxy) is 2. The normalized spacial score (nSPS) is 18.0. The second-order valence-corrected chi connectivity index (χ2v) is 9.41. The molecule has 11 heteroatoms. The van der Waals surface area contributed by atoms with E-state index in [0.717, 1.165) is 29.0 Å². The third-order valence-corrected chi connectivity index (χ3v) is 7.28. The molecule has 3 aromatic rings. The second kappa shape index (κ2) is 8.91. The lowest BCUT2D eigenvalue weighted by molar-refractivity contribution is -0.130. The van der Waals surface area contributed by atoms with Crippen molar-refractivity contribution in [3.63, 3.8) is 0 Å². The Morgan fingerprint density at radius 2 is 2.06 bits per heavy atom. The molecule has 0 spiro atoms. The van der Waals surface area contributed by atoms with Gasteiger partial charge in [-0.15, -0.1) is 16.4 Å². The minimum absolute atomic E-state index is 0.0910. The predicted molar refractivity (Wildman–Crippen MR) is 121 cm³/mol. The van der Waals surface area contributed by atoms with Gasteiger partial charge in [-0.1, -0.05) is 23.9 Å². The molecule has 0 N–H and O–H groups in total. The van der Waals surface area contributed by atoms with E-state index in [1.165, 1.54) is 11.8 Å². The highest BCUT2D eigenvalue weighted by atomic mass is 32.2. The SMILES string of the molecule is COc1ccc([C@H]2CC(c3cccs3)=NN2C(=O)CSc2nnnn2C2CC2)cc1OC. The molecular weight excluding hydrogens is 448 g/mol. The van der Waals surface area contributed by atoms with Crippen molar-refractivity contribution < 1.29 is 14.3 Å². The Morgan fingerprint density at radius 3 is 2.78 bits per heavy atom. The molecule has 0 saturated heterocycles. The minimum atomic E-state index is -0.223. The number of rotatable bonds is 8. The number of nitrogens with zero attached hydrogens (tertiary/aromatic N) is 6. The number of hydrogen-bond acceptors (Lipinski definition) is 9. The summed E-state index contributed by atoms with van der Waals surface area (Å²) in [5, 5.41) is 20.9. The van der Waals surface area contributed by atoms with Crippen molar-refractivity contribution in [2.24, 2.45) is 5.10 Å². The van der Waals surface area contributed by atoms with Crippen molar-refractivity contribution >= 4 is 34.7 Å². The molecule has 2 aromatic heterocycles. The molecule has 1 amide bonds. The van der Waals surface area contributed by atoms with Crippen molar-refractivity contribution in [3.05, 3.63) is 46.2 Å². The van der Waals surface area contributed by atoms with Crippen LogP contribution >= 0.6 is 23.1 Å². The fraction of sp³-hybridized carbons (Fsp3) is 0.381. The summed E-state index contributed by atoms with van der Waals surface area (Å²) in [7, 11) is 3.21. The molecule has 2 aliphatic rings. The lowest BCUT2D eigenvalue weighted by atomic mass is 10.0. The number of hydrazone groups is 1. The number of aromatic nitrogens is 4. The zero-order chi connectivity index (χ0) is 22.1. The van der Waals surface area contributed by atoms with E-state index in [9.17, 15) is 4.79 Å². The lowest BCUT2D eigenvalue weighted by Gasteiger charge is -2.22. The highest BCUT2D eigenvalue weighted by molar-refractivity contribution is 7.99. The summed E-state index contributed by atoms with van der Waals surface area (Å²) in [6.45, 7) is 0. The van der Waals surface area contributed by atoms with Gasteiger partial charge in [-0.05, 0) is 52.4 Å². The fourth-order valence-corrected chi connectivity index (χ4v) is 5.19. The van der Waals surface area contributed by atoms with Crippen molar-refractivity contribution in [2.45, 2.75) is 36.5 Å². The van der Waals surface area contributed by atoms with E-state index >= 15 is 0 Å². The Morgan fingerprint density at radius 1 is 1.22 bits per heavy atom. The number of methoxy groups -OCH3 is 2. The van der Waals surface area contributed by atoms with Gasteiger partial charge in [-0.25, -0.2) is 9.69 Å². The lowest BCUT2D eigenvalue weighted by Crippen LogP contribution is -2.28. The van der Waals surface area contributed by atoms with Crippen molar-refractivity contribution in [2.75, 3.05) is 20.0 Å². The molecule has 1 aliphatic heterocycles. The molecule has 1 saturated carbocycles. The molecule has 166 valence electrons. The number of benzene rings is 1. The average molecular weight is 471 g/mol. The van der Waals surface area contributed by atoms with Gasteiger partial charge in [0.05, 0.1) is 42.6 Å². The van der Waals surface area contributed by atoms with E-state index < -0.39 is 0 Å². The first kappa shape index (κ1) is 21.0. The Kier molecular flexibility index (Phi) is 5.83. The standard InChI is InChI=1S/C21H22N6O3S2/c1-29-17-8-5-13(10-18(17)30-2)16-11-15(19-4-3-9-31-19)23-27(16)20(28)12-32-21-22-24-25-26(21)14-6-7-14/h3-5,8-10,14,16H,6-7,11-12H2,1-2H3/t16-/m1/s1. The van der Waals surface area contributed by atoms with E-state index in [1.807, 2.05) is 40.4 Å². The van der Waals surface area contributed by atoms with Crippen LogP contribution in [0.3, 0.4) is 0 Å². The zero-order valence-electron chi connectivity index (χ0n) is 17.7. The first-order chi connectivity index (χ1) is 15.7. The van der Waals surface area contributed by atoms with Crippen LogP contribution in [0.15, 0.2) is 46.0 Å². The Labute approximate surface area is 193 Å². The number of carbonyl (C=O) groups is 1. The van der Waals surface area contributed by atoms with Crippen molar-refractivity contribution in [1.29, 1.82) is 0 Å². The summed E-state index contributed by atoms with van der Waals surface area (Å²) < 4.78 is 12.7. The topological polar surface area (TPSA) is 94.7 Å². The first-order valence-corrected chi connectivity index (χ1v) is 12.1. The molecule has 1 aliphatic carbocycles. The number of thioether (sulfide) groups is 1. The van der Waals surface area contributed by atoms with Crippen LogP contribution in [0.1, 0.15) is 41.8 Å². The smallest absolute Gasteiger partial charge is 0.253 e.